The molecule has 0 fully saturated rings. The molecule has 0 aliphatic heterocycles. The lowest BCUT2D eigenvalue weighted by Gasteiger charge is -2.16. The molecule has 0 aliphatic rings. The third-order valence-corrected chi connectivity index (χ3v) is 5.00. The first kappa shape index (κ1) is 18.7. The van der Waals surface area contributed by atoms with Gasteiger partial charge in [-0.15, -0.1) is 0 Å². The number of fused-ring (bicyclic) bond motifs is 1. The summed E-state index contributed by atoms with van der Waals surface area (Å²) in [6.07, 6.45) is 0. The number of rotatable bonds is 5. The normalized spacial score (nSPS) is 11.9. The van der Waals surface area contributed by atoms with Crippen molar-refractivity contribution in [1.82, 2.24) is 14.9 Å². The molecule has 3 N–H and O–H groups in total. The van der Waals surface area contributed by atoms with Crippen molar-refractivity contribution < 1.29 is 9.59 Å². The van der Waals surface area contributed by atoms with Crippen LogP contribution in [0, 0.1) is 0 Å². The summed E-state index contributed by atoms with van der Waals surface area (Å²) in [5, 5.41) is 2.29. The van der Waals surface area contributed by atoms with E-state index in [1.54, 1.807) is 31.2 Å². The summed E-state index contributed by atoms with van der Waals surface area (Å²) in [5.74, 6) is -0.541. The third-order valence-electron chi connectivity index (χ3n) is 3.91. The number of para-hydroxylation sites is 1. The molecule has 1 atom stereocenters. The largest absolute Gasteiger partial charge is 0.351 e. The van der Waals surface area contributed by atoms with Gasteiger partial charge in [0.15, 0.2) is 5.16 Å². The van der Waals surface area contributed by atoms with Crippen molar-refractivity contribution >= 4 is 34.6 Å². The molecule has 0 bridgehead atoms. The Hall–Kier alpha value is -3.13. The molecular weight excluding hydrogens is 364 g/mol. The van der Waals surface area contributed by atoms with Crippen LogP contribution in [-0.2, 0) is 11.3 Å². The van der Waals surface area contributed by atoms with Crippen molar-refractivity contribution in [3.05, 3.63) is 70.5 Å². The molecule has 1 heterocycles. The molecule has 3 rings (SSSR count). The molecule has 8 heteroatoms. The average molecular weight is 382 g/mol. The quantitative estimate of drug-likeness (QED) is 0.519. The standard InChI is InChI=1S/C19H18N4O3S/c1-12(16(24)22-18(20)26)27-19-21-15-10-6-5-9-14(15)17(25)23(19)11-13-7-3-2-4-8-13/h2-10,12H,11H2,1H3,(H3,20,22,24,26). The van der Waals surface area contributed by atoms with Crippen LogP contribution < -0.4 is 16.6 Å². The zero-order valence-corrected chi connectivity index (χ0v) is 15.4. The maximum absolute atomic E-state index is 13.0. The lowest BCUT2D eigenvalue weighted by atomic mass is 10.2. The second-order valence-electron chi connectivity index (χ2n) is 5.90. The Labute approximate surface area is 159 Å². The Bertz CT molecular complexity index is 1050. The Morgan fingerprint density at radius 2 is 1.81 bits per heavy atom. The van der Waals surface area contributed by atoms with E-state index < -0.39 is 17.2 Å². The van der Waals surface area contributed by atoms with E-state index >= 15 is 0 Å². The van der Waals surface area contributed by atoms with E-state index in [4.69, 9.17) is 5.73 Å². The fourth-order valence-corrected chi connectivity index (χ4v) is 3.49. The predicted molar refractivity (Wildman–Crippen MR) is 105 cm³/mol. The van der Waals surface area contributed by atoms with Crippen molar-refractivity contribution in [2.75, 3.05) is 0 Å². The Morgan fingerprint density at radius 1 is 1.15 bits per heavy atom. The number of hydrogen-bond donors (Lipinski definition) is 2. The molecule has 27 heavy (non-hydrogen) atoms. The van der Waals surface area contributed by atoms with Gasteiger partial charge in [0.25, 0.3) is 5.56 Å². The van der Waals surface area contributed by atoms with E-state index in [0.29, 0.717) is 22.6 Å². The lowest BCUT2D eigenvalue weighted by molar-refractivity contribution is -0.119. The number of hydrogen-bond acceptors (Lipinski definition) is 5. The van der Waals surface area contributed by atoms with Crippen LogP contribution in [0.25, 0.3) is 10.9 Å². The van der Waals surface area contributed by atoms with Gasteiger partial charge in [0.05, 0.1) is 22.7 Å². The SMILES string of the molecule is CC(Sc1nc2ccccc2c(=O)n1Cc1ccccc1)C(=O)NC(N)=O. The van der Waals surface area contributed by atoms with Gasteiger partial charge in [-0.05, 0) is 24.6 Å². The third kappa shape index (κ3) is 4.35. The van der Waals surface area contributed by atoms with Gasteiger partial charge in [-0.25, -0.2) is 9.78 Å². The van der Waals surface area contributed by atoms with Crippen LogP contribution in [0.5, 0.6) is 0 Å². The monoisotopic (exact) mass is 382 g/mol. The van der Waals surface area contributed by atoms with Crippen LogP contribution in [0.15, 0.2) is 64.5 Å². The smallest absolute Gasteiger partial charge is 0.318 e. The first-order valence-corrected chi connectivity index (χ1v) is 9.14. The molecule has 0 radical (unpaired) electrons. The summed E-state index contributed by atoms with van der Waals surface area (Å²) in [5.41, 5.74) is 6.31. The van der Waals surface area contributed by atoms with Gasteiger partial charge in [-0.2, -0.15) is 0 Å². The van der Waals surface area contributed by atoms with Gasteiger partial charge in [0.1, 0.15) is 0 Å². The molecule has 0 aliphatic carbocycles. The summed E-state index contributed by atoms with van der Waals surface area (Å²) in [4.78, 5) is 40.5. The van der Waals surface area contributed by atoms with Crippen LogP contribution >= 0.6 is 11.8 Å². The fourth-order valence-electron chi connectivity index (χ4n) is 2.58. The number of benzene rings is 2. The zero-order valence-electron chi connectivity index (χ0n) is 14.6. The highest BCUT2D eigenvalue weighted by atomic mass is 32.2. The number of nitrogens with zero attached hydrogens (tertiary/aromatic N) is 2. The van der Waals surface area contributed by atoms with Crippen molar-refractivity contribution in [2.24, 2.45) is 5.73 Å². The predicted octanol–water partition coefficient (Wildman–Crippen LogP) is 2.12. The second kappa shape index (κ2) is 8.05. The van der Waals surface area contributed by atoms with E-state index in [2.05, 4.69) is 4.98 Å². The highest BCUT2D eigenvalue weighted by Gasteiger charge is 2.20. The molecule has 138 valence electrons. The molecule has 1 unspecified atom stereocenters. The van der Waals surface area contributed by atoms with Crippen molar-refractivity contribution in [3.8, 4) is 0 Å². The minimum atomic E-state index is -0.916. The summed E-state index contributed by atoms with van der Waals surface area (Å²) < 4.78 is 1.54. The molecule has 7 nitrogen and oxygen atoms in total. The van der Waals surface area contributed by atoms with Gasteiger partial charge < -0.3 is 5.73 Å². The number of aromatic nitrogens is 2. The number of amides is 3. The van der Waals surface area contributed by atoms with Crippen LogP contribution in [0.3, 0.4) is 0 Å². The number of nitrogens with two attached hydrogens (primary N) is 1. The molecule has 1 aromatic heterocycles. The molecular formula is C19H18N4O3S. The molecule has 0 spiro atoms. The van der Waals surface area contributed by atoms with E-state index in [1.165, 1.54) is 4.57 Å². The first-order valence-electron chi connectivity index (χ1n) is 8.26. The fraction of sp³-hybridized carbons (Fsp3) is 0.158. The van der Waals surface area contributed by atoms with E-state index in [1.807, 2.05) is 35.6 Å². The maximum atomic E-state index is 13.0. The van der Waals surface area contributed by atoms with Crippen molar-refractivity contribution in [3.63, 3.8) is 0 Å². The second-order valence-corrected chi connectivity index (χ2v) is 7.21. The highest BCUT2D eigenvalue weighted by molar-refractivity contribution is 8.00. The summed E-state index contributed by atoms with van der Waals surface area (Å²) >= 11 is 1.10. The molecule has 0 saturated heterocycles. The Kier molecular flexibility index (Phi) is 5.56. The number of carbonyl (C=O) groups is 2. The molecule has 3 amide bonds. The van der Waals surface area contributed by atoms with Gasteiger partial charge >= 0.3 is 6.03 Å². The minimum Gasteiger partial charge on any atom is -0.351 e. The summed E-state index contributed by atoms with van der Waals surface area (Å²) in [7, 11) is 0. The van der Waals surface area contributed by atoms with E-state index in [9.17, 15) is 14.4 Å². The number of carbonyl (C=O) groups excluding carboxylic acids is 2. The van der Waals surface area contributed by atoms with Gasteiger partial charge in [-0.1, -0.05) is 54.2 Å². The van der Waals surface area contributed by atoms with E-state index in [-0.39, 0.29) is 5.56 Å². The van der Waals surface area contributed by atoms with Gasteiger partial charge in [0.2, 0.25) is 5.91 Å². The Morgan fingerprint density at radius 3 is 2.52 bits per heavy atom. The maximum Gasteiger partial charge on any atom is 0.318 e. The van der Waals surface area contributed by atoms with Crippen LogP contribution in [0.1, 0.15) is 12.5 Å². The number of urea groups is 1. The topological polar surface area (TPSA) is 107 Å². The minimum absolute atomic E-state index is 0.186. The summed E-state index contributed by atoms with van der Waals surface area (Å²) in [6.45, 7) is 1.95. The van der Waals surface area contributed by atoms with Gasteiger partial charge in [-0.3, -0.25) is 19.5 Å². The van der Waals surface area contributed by atoms with Crippen LogP contribution in [0.2, 0.25) is 0 Å². The number of imide groups is 1. The summed E-state index contributed by atoms with van der Waals surface area (Å²) in [6, 6.07) is 15.7. The average Bonchev–Trinajstić information content (AvgIpc) is 2.65. The zero-order chi connectivity index (χ0) is 19.4. The van der Waals surface area contributed by atoms with Crippen LogP contribution in [-0.4, -0.2) is 26.7 Å². The van der Waals surface area contributed by atoms with E-state index in [0.717, 1.165) is 17.3 Å². The van der Waals surface area contributed by atoms with Crippen LogP contribution in [0.4, 0.5) is 4.79 Å². The number of nitrogens with one attached hydrogen (secondary N) is 1. The first-order chi connectivity index (χ1) is 13.0. The highest BCUT2D eigenvalue weighted by Crippen LogP contribution is 2.23. The van der Waals surface area contributed by atoms with Crippen molar-refractivity contribution in [2.45, 2.75) is 23.9 Å². The Balaban J connectivity index is 2.04. The van der Waals surface area contributed by atoms with Gasteiger partial charge in [0, 0.05) is 0 Å². The molecule has 0 saturated carbocycles. The number of primary amides is 1. The number of thioether (sulfide) groups is 1. The molecule has 2 aromatic carbocycles. The molecule has 3 aromatic rings. The lowest BCUT2D eigenvalue weighted by Crippen LogP contribution is -2.39. The van der Waals surface area contributed by atoms with Crippen molar-refractivity contribution in [1.29, 1.82) is 0 Å².